The van der Waals surface area contributed by atoms with Gasteiger partial charge in [-0.1, -0.05) is 66.8 Å². The van der Waals surface area contributed by atoms with E-state index in [1.165, 1.54) is 65.3 Å². The van der Waals surface area contributed by atoms with E-state index in [0.717, 1.165) is 0 Å². The lowest BCUT2D eigenvalue weighted by Gasteiger charge is -2.24. The van der Waals surface area contributed by atoms with Crippen molar-refractivity contribution in [1.29, 1.82) is 0 Å². The SMILES string of the molecule is C=CC=C(c1ccc(N2CCCC2)cc1)c1ccccc1N(C)c1ccc(C)cc1. The molecule has 3 aromatic rings. The summed E-state index contributed by atoms with van der Waals surface area (Å²) in [5.41, 5.74) is 8.54. The number of aryl methyl sites for hydroxylation is 1. The average molecular weight is 395 g/mol. The summed E-state index contributed by atoms with van der Waals surface area (Å²) >= 11 is 0. The van der Waals surface area contributed by atoms with Crippen LogP contribution in [0.2, 0.25) is 0 Å². The summed E-state index contributed by atoms with van der Waals surface area (Å²) in [7, 11) is 2.13. The third-order valence-corrected chi connectivity index (χ3v) is 5.91. The van der Waals surface area contributed by atoms with Crippen LogP contribution in [-0.2, 0) is 0 Å². The van der Waals surface area contributed by atoms with E-state index in [-0.39, 0.29) is 0 Å². The first-order valence-electron chi connectivity index (χ1n) is 10.8. The molecule has 0 aliphatic carbocycles. The molecule has 2 heteroatoms. The molecule has 2 nitrogen and oxygen atoms in total. The normalized spacial score (nSPS) is 14.1. The van der Waals surface area contributed by atoms with Crippen LogP contribution in [0.3, 0.4) is 0 Å². The maximum atomic E-state index is 3.98. The van der Waals surface area contributed by atoms with Crippen molar-refractivity contribution in [1.82, 2.24) is 0 Å². The Bertz CT molecular complexity index is 1020. The number of hydrogen-bond donors (Lipinski definition) is 0. The number of para-hydroxylation sites is 1. The predicted octanol–water partition coefficient (Wildman–Crippen LogP) is 6.98. The van der Waals surface area contributed by atoms with E-state index >= 15 is 0 Å². The summed E-state index contributed by atoms with van der Waals surface area (Å²) < 4.78 is 0. The van der Waals surface area contributed by atoms with Crippen LogP contribution >= 0.6 is 0 Å². The number of rotatable bonds is 6. The molecule has 152 valence electrons. The summed E-state index contributed by atoms with van der Waals surface area (Å²) in [6, 6.07) is 26.3. The average Bonchev–Trinajstić information content (AvgIpc) is 3.33. The van der Waals surface area contributed by atoms with E-state index in [9.17, 15) is 0 Å². The van der Waals surface area contributed by atoms with Gasteiger partial charge >= 0.3 is 0 Å². The Morgan fingerprint density at radius 3 is 2.23 bits per heavy atom. The quantitative estimate of drug-likeness (QED) is 0.416. The van der Waals surface area contributed by atoms with Gasteiger partial charge in [-0.15, -0.1) is 0 Å². The Balaban J connectivity index is 1.71. The van der Waals surface area contributed by atoms with Gasteiger partial charge in [0, 0.05) is 42.8 Å². The number of allylic oxidation sites excluding steroid dienone is 2. The summed E-state index contributed by atoms with van der Waals surface area (Å²) in [6.45, 7) is 8.43. The highest BCUT2D eigenvalue weighted by Gasteiger charge is 2.15. The second-order valence-electron chi connectivity index (χ2n) is 7.97. The molecule has 1 saturated heterocycles. The molecule has 0 spiro atoms. The summed E-state index contributed by atoms with van der Waals surface area (Å²) in [5, 5.41) is 0. The van der Waals surface area contributed by atoms with Crippen molar-refractivity contribution in [3.05, 3.63) is 108 Å². The van der Waals surface area contributed by atoms with Gasteiger partial charge in [0.05, 0.1) is 0 Å². The van der Waals surface area contributed by atoms with Crippen molar-refractivity contribution in [3.63, 3.8) is 0 Å². The highest BCUT2D eigenvalue weighted by molar-refractivity contribution is 5.89. The molecule has 0 saturated carbocycles. The fraction of sp³-hybridized carbons (Fsp3) is 0.214. The summed E-state index contributed by atoms with van der Waals surface area (Å²) in [5.74, 6) is 0. The Labute approximate surface area is 180 Å². The van der Waals surface area contributed by atoms with Crippen molar-refractivity contribution < 1.29 is 0 Å². The zero-order chi connectivity index (χ0) is 20.9. The lowest BCUT2D eigenvalue weighted by Crippen LogP contribution is -2.17. The Hall–Kier alpha value is -3.26. The molecule has 3 aromatic carbocycles. The second-order valence-corrected chi connectivity index (χ2v) is 7.97. The first-order valence-corrected chi connectivity index (χ1v) is 10.8. The van der Waals surface area contributed by atoms with Crippen LogP contribution in [0.25, 0.3) is 5.57 Å². The lowest BCUT2D eigenvalue weighted by atomic mass is 9.95. The molecule has 1 aliphatic rings. The van der Waals surface area contributed by atoms with E-state index in [1.54, 1.807) is 0 Å². The fourth-order valence-corrected chi connectivity index (χ4v) is 4.19. The first kappa shape index (κ1) is 20.0. The molecular weight excluding hydrogens is 364 g/mol. The first-order chi connectivity index (χ1) is 14.7. The third-order valence-electron chi connectivity index (χ3n) is 5.91. The molecule has 4 rings (SSSR count). The number of benzene rings is 3. The van der Waals surface area contributed by atoms with Crippen LogP contribution in [0.15, 0.2) is 91.5 Å². The topological polar surface area (TPSA) is 6.48 Å². The van der Waals surface area contributed by atoms with Gasteiger partial charge in [-0.2, -0.15) is 0 Å². The molecule has 0 amide bonds. The third kappa shape index (κ3) is 4.18. The highest BCUT2D eigenvalue weighted by Crippen LogP contribution is 2.35. The molecule has 0 atom stereocenters. The molecule has 0 aromatic heterocycles. The minimum absolute atomic E-state index is 1.17. The van der Waals surface area contributed by atoms with Crippen molar-refractivity contribution in [2.75, 3.05) is 29.9 Å². The van der Waals surface area contributed by atoms with Crippen LogP contribution in [0.5, 0.6) is 0 Å². The molecule has 0 bridgehead atoms. The van der Waals surface area contributed by atoms with Gasteiger partial charge in [-0.05, 0) is 61.2 Å². The highest BCUT2D eigenvalue weighted by atomic mass is 15.1. The van der Waals surface area contributed by atoms with Crippen LogP contribution in [0.4, 0.5) is 17.1 Å². The number of anilines is 3. The van der Waals surface area contributed by atoms with E-state index in [4.69, 9.17) is 0 Å². The smallest absolute Gasteiger partial charge is 0.0487 e. The van der Waals surface area contributed by atoms with Gasteiger partial charge < -0.3 is 9.80 Å². The summed E-state index contributed by atoms with van der Waals surface area (Å²) in [4.78, 5) is 4.73. The molecule has 0 N–H and O–H groups in total. The van der Waals surface area contributed by atoms with Gasteiger partial charge in [0.15, 0.2) is 0 Å². The van der Waals surface area contributed by atoms with Crippen LogP contribution in [-0.4, -0.2) is 20.1 Å². The van der Waals surface area contributed by atoms with Crippen molar-refractivity contribution in [2.24, 2.45) is 0 Å². The van der Waals surface area contributed by atoms with E-state index in [1.807, 2.05) is 6.08 Å². The number of nitrogens with zero attached hydrogens (tertiary/aromatic N) is 2. The van der Waals surface area contributed by atoms with Gasteiger partial charge in [0.25, 0.3) is 0 Å². The molecule has 1 aliphatic heterocycles. The monoisotopic (exact) mass is 394 g/mol. The lowest BCUT2D eigenvalue weighted by molar-refractivity contribution is 0.949. The van der Waals surface area contributed by atoms with Gasteiger partial charge in [-0.25, -0.2) is 0 Å². The zero-order valence-electron chi connectivity index (χ0n) is 18.0. The minimum atomic E-state index is 1.17. The Kier molecular flexibility index (Phi) is 6.04. The molecule has 1 fully saturated rings. The molecule has 30 heavy (non-hydrogen) atoms. The molecule has 1 heterocycles. The molecule has 0 radical (unpaired) electrons. The van der Waals surface area contributed by atoms with Crippen molar-refractivity contribution in [2.45, 2.75) is 19.8 Å². The van der Waals surface area contributed by atoms with E-state index < -0.39 is 0 Å². The molecule has 0 unspecified atom stereocenters. The van der Waals surface area contributed by atoms with Crippen LogP contribution in [0, 0.1) is 6.92 Å². The maximum Gasteiger partial charge on any atom is 0.0487 e. The minimum Gasteiger partial charge on any atom is -0.372 e. The van der Waals surface area contributed by atoms with E-state index in [2.05, 4.69) is 109 Å². The van der Waals surface area contributed by atoms with Crippen molar-refractivity contribution in [3.8, 4) is 0 Å². The summed E-state index contributed by atoms with van der Waals surface area (Å²) in [6.07, 6.45) is 6.59. The van der Waals surface area contributed by atoms with Gasteiger partial charge in [0.2, 0.25) is 0 Å². The fourth-order valence-electron chi connectivity index (χ4n) is 4.19. The maximum absolute atomic E-state index is 3.98. The van der Waals surface area contributed by atoms with Crippen LogP contribution < -0.4 is 9.80 Å². The molecular formula is C28H30N2. The van der Waals surface area contributed by atoms with E-state index in [0.29, 0.717) is 0 Å². The van der Waals surface area contributed by atoms with Gasteiger partial charge in [0.1, 0.15) is 0 Å². The number of hydrogen-bond acceptors (Lipinski definition) is 2. The van der Waals surface area contributed by atoms with Gasteiger partial charge in [-0.3, -0.25) is 0 Å². The second kappa shape index (κ2) is 9.04. The van der Waals surface area contributed by atoms with Crippen molar-refractivity contribution >= 4 is 22.6 Å². The zero-order valence-corrected chi connectivity index (χ0v) is 18.0. The standard InChI is InChI=1S/C28H30N2/c1-4-9-26(23-14-18-25(19-15-23)30-20-7-8-21-30)27-10-5-6-11-28(27)29(3)24-16-12-22(2)13-17-24/h4-6,9-19H,1,7-8,20-21H2,2-3H3. The Morgan fingerprint density at radius 2 is 1.57 bits per heavy atom. The predicted molar refractivity (Wildman–Crippen MR) is 131 cm³/mol. The largest absolute Gasteiger partial charge is 0.372 e. The van der Waals surface area contributed by atoms with Crippen LogP contribution in [0.1, 0.15) is 29.5 Å². The Morgan fingerprint density at radius 1 is 0.900 bits per heavy atom.